The molecule has 1 atom stereocenters. The maximum atomic E-state index is 12.0. The zero-order chi connectivity index (χ0) is 12.5. The fraction of sp³-hybridized carbons (Fsp3) is 0.667. The van der Waals surface area contributed by atoms with Crippen LogP contribution in [-0.4, -0.2) is 34.9 Å². The van der Waals surface area contributed by atoms with Crippen LogP contribution in [-0.2, 0) is 4.74 Å². The number of rotatable bonds is 3. The second-order valence-corrected chi connectivity index (χ2v) is 4.89. The maximum absolute atomic E-state index is 12.0. The van der Waals surface area contributed by atoms with Crippen molar-refractivity contribution in [3.63, 3.8) is 0 Å². The monoisotopic (exact) mass is 237 g/mol. The van der Waals surface area contributed by atoms with Gasteiger partial charge in [0.25, 0.3) is 5.91 Å². The van der Waals surface area contributed by atoms with E-state index in [9.17, 15) is 4.79 Å². The van der Waals surface area contributed by atoms with E-state index >= 15 is 0 Å². The second kappa shape index (κ2) is 4.49. The van der Waals surface area contributed by atoms with Crippen LogP contribution in [0.2, 0.25) is 0 Å². The Hall–Kier alpha value is -1.36. The molecule has 1 fully saturated rings. The van der Waals surface area contributed by atoms with Crippen LogP contribution in [0.15, 0.2) is 0 Å². The number of H-pyrrole nitrogens is 1. The lowest BCUT2D eigenvalue weighted by Crippen LogP contribution is -2.40. The predicted molar refractivity (Wildman–Crippen MR) is 64.0 cm³/mol. The first-order valence-corrected chi connectivity index (χ1v) is 5.95. The minimum atomic E-state index is -0.207. The molecular formula is C12H19N3O2. The molecule has 1 aliphatic rings. The maximum Gasteiger partial charge on any atom is 0.255 e. The molecule has 0 aliphatic carbocycles. The first kappa shape index (κ1) is 12.1. The molecule has 0 aromatic carbocycles. The van der Waals surface area contributed by atoms with Gasteiger partial charge in [-0.3, -0.25) is 9.89 Å². The van der Waals surface area contributed by atoms with Gasteiger partial charge in [-0.1, -0.05) is 0 Å². The molecule has 0 bridgehead atoms. The van der Waals surface area contributed by atoms with E-state index < -0.39 is 0 Å². The summed E-state index contributed by atoms with van der Waals surface area (Å²) in [4.78, 5) is 12.0. The fourth-order valence-corrected chi connectivity index (χ4v) is 2.22. The van der Waals surface area contributed by atoms with E-state index in [1.807, 2.05) is 20.8 Å². The van der Waals surface area contributed by atoms with Crippen molar-refractivity contribution in [3.8, 4) is 0 Å². The van der Waals surface area contributed by atoms with E-state index in [0.29, 0.717) is 12.1 Å². The zero-order valence-corrected chi connectivity index (χ0v) is 10.6. The number of ether oxygens (including phenoxy) is 1. The molecule has 1 aromatic heterocycles. The van der Waals surface area contributed by atoms with Crippen molar-refractivity contribution in [2.75, 3.05) is 13.2 Å². The topological polar surface area (TPSA) is 67.0 Å². The molecule has 0 spiro atoms. The number of nitrogens with one attached hydrogen (secondary N) is 2. The first-order valence-electron chi connectivity index (χ1n) is 5.95. The number of aromatic nitrogens is 2. The van der Waals surface area contributed by atoms with Crippen molar-refractivity contribution in [1.29, 1.82) is 0 Å². The van der Waals surface area contributed by atoms with Gasteiger partial charge in [0.1, 0.15) is 0 Å². The third-order valence-electron chi connectivity index (χ3n) is 3.28. The summed E-state index contributed by atoms with van der Waals surface area (Å²) in [6.07, 6.45) is 2.06. The Kier molecular flexibility index (Phi) is 3.19. The summed E-state index contributed by atoms with van der Waals surface area (Å²) in [6, 6.07) is 0. The van der Waals surface area contributed by atoms with Gasteiger partial charge in [-0.15, -0.1) is 0 Å². The van der Waals surface area contributed by atoms with E-state index in [-0.39, 0.29) is 11.5 Å². The zero-order valence-electron chi connectivity index (χ0n) is 10.6. The number of amides is 1. The Labute approximate surface area is 101 Å². The highest BCUT2D eigenvalue weighted by molar-refractivity contribution is 5.96. The Morgan fingerprint density at radius 2 is 2.35 bits per heavy atom. The van der Waals surface area contributed by atoms with Crippen LogP contribution in [0.5, 0.6) is 0 Å². The van der Waals surface area contributed by atoms with Crippen molar-refractivity contribution in [3.05, 3.63) is 17.0 Å². The van der Waals surface area contributed by atoms with Gasteiger partial charge in [0, 0.05) is 18.8 Å². The summed E-state index contributed by atoms with van der Waals surface area (Å²) < 4.78 is 5.63. The van der Waals surface area contributed by atoms with E-state index in [1.54, 1.807) is 0 Å². The van der Waals surface area contributed by atoms with Gasteiger partial charge in [-0.25, -0.2) is 0 Å². The normalized spacial score (nSPS) is 23.9. The molecule has 0 radical (unpaired) electrons. The standard InChI is InChI=1S/C12H19N3O2/c1-8-10(9(2)15-14-8)11(16)13-7-12(3)5-4-6-17-12/h4-7H2,1-3H3,(H,13,16)(H,14,15). The number of hydrogen-bond acceptors (Lipinski definition) is 3. The molecule has 1 aromatic rings. The lowest BCUT2D eigenvalue weighted by molar-refractivity contribution is 0.0206. The van der Waals surface area contributed by atoms with Crippen LogP contribution < -0.4 is 5.32 Å². The van der Waals surface area contributed by atoms with Crippen LogP contribution in [0.4, 0.5) is 0 Å². The number of hydrogen-bond donors (Lipinski definition) is 2. The largest absolute Gasteiger partial charge is 0.373 e. The summed E-state index contributed by atoms with van der Waals surface area (Å²) in [7, 11) is 0. The number of carbonyl (C=O) groups is 1. The van der Waals surface area contributed by atoms with Crippen molar-refractivity contribution in [1.82, 2.24) is 15.5 Å². The van der Waals surface area contributed by atoms with E-state index in [0.717, 1.165) is 30.8 Å². The lowest BCUT2D eigenvalue weighted by Gasteiger charge is -2.23. The summed E-state index contributed by atoms with van der Waals surface area (Å²) in [5.41, 5.74) is 1.97. The average Bonchev–Trinajstić information content (AvgIpc) is 2.84. The van der Waals surface area contributed by atoms with Gasteiger partial charge >= 0.3 is 0 Å². The molecule has 17 heavy (non-hydrogen) atoms. The minimum absolute atomic E-state index is 0.0783. The fourth-order valence-electron chi connectivity index (χ4n) is 2.22. The molecule has 94 valence electrons. The molecule has 1 amide bonds. The molecule has 2 rings (SSSR count). The molecule has 5 nitrogen and oxygen atoms in total. The third-order valence-corrected chi connectivity index (χ3v) is 3.28. The molecular weight excluding hydrogens is 218 g/mol. The van der Waals surface area contributed by atoms with Crippen molar-refractivity contribution in [2.45, 2.75) is 39.2 Å². The van der Waals surface area contributed by atoms with E-state index in [4.69, 9.17) is 4.74 Å². The number of aryl methyl sites for hydroxylation is 2. The molecule has 0 saturated carbocycles. The third kappa shape index (κ3) is 2.49. The molecule has 5 heteroatoms. The molecule has 2 heterocycles. The van der Waals surface area contributed by atoms with Crippen LogP contribution in [0, 0.1) is 13.8 Å². The molecule has 1 unspecified atom stereocenters. The van der Waals surface area contributed by atoms with Crippen LogP contribution in [0.3, 0.4) is 0 Å². The van der Waals surface area contributed by atoms with Crippen molar-refractivity contribution in [2.24, 2.45) is 0 Å². The van der Waals surface area contributed by atoms with E-state index in [1.165, 1.54) is 0 Å². The summed E-state index contributed by atoms with van der Waals surface area (Å²) in [5.74, 6) is -0.0783. The summed E-state index contributed by atoms with van der Waals surface area (Å²) >= 11 is 0. The van der Waals surface area contributed by atoms with Crippen molar-refractivity contribution >= 4 is 5.91 Å². The summed E-state index contributed by atoms with van der Waals surface area (Å²) in [6.45, 7) is 7.05. The number of nitrogens with zero attached hydrogens (tertiary/aromatic N) is 1. The predicted octanol–water partition coefficient (Wildman–Crippen LogP) is 1.33. The summed E-state index contributed by atoms with van der Waals surface area (Å²) in [5, 5.41) is 9.76. The van der Waals surface area contributed by atoms with Gasteiger partial charge < -0.3 is 10.1 Å². The van der Waals surface area contributed by atoms with Crippen LogP contribution in [0.25, 0.3) is 0 Å². The van der Waals surface area contributed by atoms with Gasteiger partial charge in [0.15, 0.2) is 0 Å². The van der Waals surface area contributed by atoms with Crippen molar-refractivity contribution < 1.29 is 9.53 Å². The van der Waals surface area contributed by atoms with Crippen LogP contribution >= 0.6 is 0 Å². The lowest BCUT2D eigenvalue weighted by atomic mass is 10.0. The van der Waals surface area contributed by atoms with Gasteiger partial charge in [-0.2, -0.15) is 5.10 Å². The Morgan fingerprint density at radius 3 is 2.88 bits per heavy atom. The Morgan fingerprint density at radius 1 is 1.59 bits per heavy atom. The highest BCUT2D eigenvalue weighted by Gasteiger charge is 2.30. The molecule has 1 saturated heterocycles. The highest BCUT2D eigenvalue weighted by atomic mass is 16.5. The van der Waals surface area contributed by atoms with E-state index in [2.05, 4.69) is 15.5 Å². The minimum Gasteiger partial charge on any atom is -0.373 e. The average molecular weight is 237 g/mol. The van der Waals surface area contributed by atoms with Crippen LogP contribution in [0.1, 0.15) is 41.5 Å². The number of aromatic amines is 1. The first-order chi connectivity index (χ1) is 8.02. The van der Waals surface area contributed by atoms with Gasteiger partial charge in [-0.05, 0) is 33.6 Å². The Bertz CT molecular complexity index is 400. The van der Waals surface area contributed by atoms with Gasteiger partial charge in [0.05, 0.1) is 16.9 Å². The second-order valence-electron chi connectivity index (χ2n) is 4.89. The molecule has 2 N–H and O–H groups in total. The smallest absolute Gasteiger partial charge is 0.255 e. The number of carbonyl (C=O) groups excluding carboxylic acids is 1. The highest BCUT2D eigenvalue weighted by Crippen LogP contribution is 2.24. The molecule has 1 aliphatic heterocycles. The SMILES string of the molecule is Cc1n[nH]c(C)c1C(=O)NCC1(C)CCCO1. The van der Waals surface area contributed by atoms with Gasteiger partial charge in [0.2, 0.25) is 0 Å². The Balaban J connectivity index is 1.98. The quantitative estimate of drug-likeness (QED) is 0.833.